The second kappa shape index (κ2) is 6.16. The van der Waals surface area contributed by atoms with Crippen LogP contribution in [0.3, 0.4) is 0 Å². The number of nitrogens with zero attached hydrogens (tertiary/aromatic N) is 2. The first-order valence-electron chi connectivity index (χ1n) is 7.33. The minimum absolute atomic E-state index is 0.0304. The highest BCUT2D eigenvalue weighted by molar-refractivity contribution is 6.21. The number of pyridine rings is 1. The van der Waals surface area contributed by atoms with Crippen molar-refractivity contribution in [2.45, 2.75) is 13.8 Å². The zero-order chi connectivity index (χ0) is 18.1. The minimum atomic E-state index is -0.924. The summed E-state index contributed by atoms with van der Waals surface area (Å²) in [5.41, 5.74) is 0.996. The summed E-state index contributed by atoms with van der Waals surface area (Å²) < 4.78 is 0. The monoisotopic (exact) mass is 339 g/mol. The standard InChI is InChI=1S/C17H13N3O5/c1-9-14(7-11(8-18-9)19-10(2)21)17(24)25-20-15(22)12-5-3-4-6-13(12)16(20)23/h3-8H,1-2H3,(H,19,21). The molecule has 0 aliphatic carbocycles. The molecular weight excluding hydrogens is 326 g/mol. The van der Waals surface area contributed by atoms with E-state index < -0.39 is 17.8 Å². The van der Waals surface area contributed by atoms with Crippen LogP contribution in [0.2, 0.25) is 0 Å². The number of nitrogens with one attached hydrogen (secondary N) is 1. The van der Waals surface area contributed by atoms with Crippen LogP contribution >= 0.6 is 0 Å². The molecule has 1 aliphatic rings. The number of fused-ring (bicyclic) bond motifs is 1. The molecule has 0 atom stereocenters. The fourth-order valence-corrected chi connectivity index (χ4v) is 2.39. The predicted octanol–water partition coefficient (Wildman–Crippen LogP) is 1.72. The van der Waals surface area contributed by atoms with Crippen molar-refractivity contribution in [1.29, 1.82) is 0 Å². The molecule has 0 fully saturated rings. The van der Waals surface area contributed by atoms with Crippen molar-refractivity contribution in [3.63, 3.8) is 0 Å². The average molecular weight is 339 g/mol. The van der Waals surface area contributed by atoms with E-state index >= 15 is 0 Å². The van der Waals surface area contributed by atoms with E-state index in [9.17, 15) is 19.2 Å². The van der Waals surface area contributed by atoms with Crippen molar-refractivity contribution in [3.05, 3.63) is 58.9 Å². The SMILES string of the molecule is CC(=O)Nc1cnc(C)c(C(=O)ON2C(=O)c3ccccc3C2=O)c1. The molecule has 0 unspecified atom stereocenters. The van der Waals surface area contributed by atoms with Crippen LogP contribution in [0.4, 0.5) is 5.69 Å². The Balaban J connectivity index is 1.85. The topological polar surface area (TPSA) is 106 Å². The molecule has 25 heavy (non-hydrogen) atoms. The van der Waals surface area contributed by atoms with Gasteiger partial charge in [0, 0.05) is 6.92 Å². The number of hydrogen-bond donors (Lipinski definition) is 1. The van der Waals surface area contributed by atoms with Gasteiger partial charge >= 0.3 is 5.97 Å². The van der Waals surface area contributed by atoms with Crippen LogP contribution in [0.1, 0.15) is 43.7 Å². The lowest BCUT2D eigenvalue weighted by atomic mass is 10.1. The molecule has 0 bridgehead atoms. The van der Waals surface area contributed by atoms with E-state index in [-0.39, 0.29) is 22.6 Å². The lowest BCUT2D eigenvalue weighted by Gasteiger charge is -2.14. The van der Waals surface area contributed by atoms with Gasteiger partial charge < -0.3 is 10.2 Å². The Morgan fingerprint density at radius 3 is 2.28 bits per heavy atom. The van der Waals surface area contributed by atoms with Crippen LogP contribution in [0.25, 0.3) is 0 Å². The first-order valence-corrected chi connectivity index (χ1v) is 7.33. The lowest BCUT2D eigenvalue weighted by molar-refractivity contribution is -0.114. The Morgan fingerprint density at radius 2 is 1.72 bits per heavy atom. The van der Waals surface area contributed by atoms with E-state index in [1.165, 1.54) is 31.3 Å². The van der Waals surface area contributed by atoms with Gasteiger partial charge in [-0.1, -0.05) is 17.2 Å². The van der Waals surface area contributed by atoms with Crippen LogP contribution < -0.4 is 5.32 Å². The normalized spacial score (nSPS) is 12.8. The zero-order valence-electron chi connectivity index (χ0n) is 13.4. The quantitative estimate of drug-likeness (QED) is 0.854. The molecule has 0 saturated heterocycles. The Kier molecular flexibility index (Phi) is 4.02. The molecule has 0 radical (unpaired) electrons. The van der Waals surface area contributed by atoms with Crippen molar-refractivity contribution in [2.24, 2.45) is 0 Å². The molecule has 1 N–H and O–H groups in total. The van der Waals surface area contributed by atoms with Crippen molar-refractivity contribution in [1.82, 2.24) is 10.0 Å². The van der Waals surface area contributed by atoms with Crippen molar-refractivity contribution >= 4 is 29.4 Å². The molecule has 0 spiro atoms. The Bertz CT molecular complexity index is 887. The third-order valence-electron chi connectivity index (χ3n) is 3.56. The summed E-state index contributed by atoms with van der Waals surface area (Å²) in [6.07, 6.45) is 1.38. The highest BCUT2D eigenvalue weighted by atomic mass is 16.7. The first kappa shape index (κ1) is 16.3. The molecule has 126 valence electrons. The van der Waals surface area contributed by atoms with E-state index in [1.807, 2.05) is 0 Å². The fraction of sp³-hybridized carbons (Fsp3) is 0.118. The number of rotatable bonds is 3. The number of hydrogen-bond acceptors (Lipinski definition) is 6. The van der Waals surface area contributed by atoms with Crippen LogP contribution in [0.15, 0.2) is 36.5 Å². The van der Waals surface area contributed by atoms with E-state index in [0.29, 0.717) is 16.4 Å². The van der Waals surface area contributed by atoms with Gasteiger partial charge in [-0.05, 0) is 25.1 Å². The Morgan fingerprint density at radius 1 is 1.12 bits per heavy atom. The fourth-order valence-electron chi connectivity index (χ4n) is 2.39. The number of carbonyl (C=O) groups is 4. The number of aryl methyl sites for hydroxylation is 1. The molecule has 1 aromatic carbocycles. The molecular formula is C17H13N3O5. The summed E-state index contributed by atoms with van der Waals surface area (Å²) in [4.78, 5) is 56.9. The largest absolute Gasteiger partial charge is 0.365 e. The third-order valence-corrected chi connectivity index (χ3v) is 3.56. The number of carbonyl (C=O) groups excluding carboxylic acids is 4. The van der Waals surface area contributed by atoms with Gasteiger partial charge in [0.1, 0.15) is 0 Å². The van der Waals surface area contributed by atoms with Crippen molar-refractivity contribution < 1.29 is 24.0 Å². The maximum atomic E-state index is 12.4. The smallest absolute Gasteiger partial charge is 0.325 e. The van der Waals surface area contributed by atoms with Crippen molar-refractivity contribution in [2.75, 3.05) is 5.32 Å². The van der Waals surface area contributed by atoms with Gasteiger partial charge in [0.25, 0.3) is 11.8 Å². The van der Waals surface area contributed by atoms with Crippen LogP contribution in [-0.4, -0.2) is 33.7 Å². The van der Waals surface area contributed by atoms with Gasteiger partial charge in [-0.2, -0.15) is 0 Å². The Hall–Kier alpha value is -3.55. The zero-order valence-corrected chi connectivity index (χ0v) is 13.4. The highest BCUT2D eigenvalue weighted by Crippen LogP contribution is 2.24. The summed E-state index contributed by atoms with van der Waals surface area (Å²) >= 11 is 0. The molecule has 2 heterocycles. The van der Waals surface area contributed by atoms with Crippen LogP contribution in [0.5, 0.6) is 0 Å². The summed E-state index contributed by atoms with van der Waals surface area (Å²) in [6, 6.07) is 7.55. The molecule has 2 aromatic rings. The molecule has 0 saturated carbocycles. The second-order valence-corrected chi connectivity index (χ2v) is 5.37. The second-order valence-electron chi connectivity index (χ2n) is 5.37. The van der Waals surface area contributed by atoms with Gasteiger partial charge in [-0.15, -0.1) is 0 Å². The number of imide groups is 1. The number of aromatic nitrogens is 1. The lowest BCUT2D eigenvalue weighted by Crippen LogP contribution is -2.33. The van der Waals surface area contributed by atoms with E-state index in [1.54, 1.807) is 19.1 Å². The molecule has 8 nitrogen and oxygen atoms in total. The summed E-state index contributed by atoms with van der Waals surface area (Å²) in [6.45, 7) is 2.88. The van der Waals surface area contributed by atoms with E-state index in [2.05, 4.69) is 10.3 Å². The van der Waals surface area contributed by atoms with Gasteiger partial charge in [0.15, 0.2) is 0 Å². The maximum absolute atomic E-state index is 12.4. The van der Waals surface area contributed by atoms with Crippen LogP contribution in [0, 0.1) is 6.92 Å². The van der Waals surface area contributed by atoms with Gasteiger partial charge in [0.05, 0.1) is 34.3 Å². The van der Waals surface area contributed by atoms with Gasteiger partial charge in [0.2, 0.25) is 5.91 Å². The molecule has 3 amide bonds. The highest BCUT2D eigenvalue weighted by Gasteiger charge is 2.39. The molecule has 1 aliphatic heterocycles. The van der Waals surface area contributed by atoms with E-state index in [0.717, 1.165) is 0 Å². The van der Waals surface area contributed by atoms with Gasteiger partial charge in [-0.3, -0.25) is 19.4 Å². The average Bonchev–Trinajstić information content (AvgIpc) is 2.81. The minimum Gasteiger partial charge on any atom is -0.325 e. The predicted molar refractivity (Wildman–Crippen MR) is 85.6 cm³/mol. The summed E-state index contributed by atoms with van der Waals surface area (Å²) in [7, 11) is 0. The number of benzene rings is 1. The van der Waals surface area contributed by atoms with E-state index in [4.69, 9.17) is 4.84 Å². The molecule has 3 rings (SSSR count). The van der Waals surface area contributed by atoms with Crippen molar-refractivity contribution in [3.8, 4) is 0 Å². The first-order chi connectivity index (χ1) is 11.9. The number of amides is 3. The van der Waals surface area contributed by atoms with Gasteiger partial charge in [-0.25, -0.2) is 4.79 Å². The Labute approximate surface area is 142 Å². The number of anilines is 1. The van der Waals surface area contributed by atoms with Crippen LogP contribution in [-0.2, 0) is 9.63 Å². The third kappa shape index (κ3) is 2.97. The summed E-state index contributed by atoms with van der Waals surface area (Å²) in [5.74, 6) is -2.67. The molecule has 1 aromatic heterocycles. The summed E-state index contributed by atoms with van der Waals surface area (Å²) in [5, 5.41) is 2.92. The molecule has 8 heteroatoms. The maximum Gasteiger partial charge on any atom is 0.365 e. The number of hydroxylamine groups is 2.